The molecule has 3 heterocycles. The zero-order valence-electron chi connectivity index (χ0n) is 15.3. The molecule has 1 atom stereocenters. The second-order valence-corrected chi connectivity index (χ2v) is 6.36. The lowest BCUT2D eigenvalue weighted by molar-refractivity contribution is -0.127. The fourth-order valence-electron chi connectivity index (χ4n) is 3.36. The van der Waals surface area contributed by atoms with Gasteiger partial charge in [0, 0.05) is 30.9 Å². The number of hydrogen-bond acceptors (Lipinski definition) is 6. The minimum absolute atomic E-state index is 0.0181. The number of amides is 1. The van der Waals surface area contributed by atoms with Gasteiger partial charge in [0.25, 0.3) is 0 Å². The number of ether oxygens (including phenoxy) is 1. The number of nitrogens with zero attached hydrogens (tertiary/aromatic N) is 5. The van der Waals surface area contributed by atoms with Gasteiger partial charge in [-0.05, 0) is 20.8 Å². The molecule has 0 spiro atoms. The topological polar surface area (TPSA) is 85.2 Å². The summed E-state index contributed by atoms with van der Waals surface area (Å²) in [6.07, 6.45) is 1.81. The Morgan fingerprint density at radius 2 is 2.12 bits per heavy atom. The van der Waals surface area contributed by atoms with Gasteiger partial charge in [-0.2, -0.15) is 0 Å². The summed E-state index contributed by atoms with van der Waals surface area (Å²) in [5, 5.41) is 11.1. The van der Waals surface area contributed by atoms with Crippen LogP contribution in [-0.4, -0.2) is 50.8 Å². The van der Waals surface area contributed by atoms with Crippen LogP contribution in [0, 0.1) is 20.8 Å². The van der Waals surface area contributed by atoms with Crippen LogP contribution in [0.25, 0.3) is 0 Å². The molecule has 1 unspecified atom stereocenters. The minimum atomic E-state index is -0.291. The highest BCUT2D eigenvalue weighted by Crippen LogP contribution is 2.27. The minimum Gasteiger partial charge on any atom is -0.496 e. The summed E-state index contributed by atoms with van der Waals surface area (Å²) >= 11 is 0. The van der Waals surface area contributed by atoms with E-state index in [2.05, 4.69) is 25.4 Å². The van der Waals surface area contributed by atoms with Crippen molar-refractivity contribution in [3.8, 4) is 5.75 Å². The zero-order valence-corrected chi connectivity index (χ0v) is 15.3. The van der Waals surface area contributed by atoms with Crippen LogP contribution < -0.4 is 10.1 Å². The Morgan fingerprint density at radius 1 is 1.36 bits per heavy atom. The van der Waals surface area contributed by atoms with E-state index in [-0.39, 0.29) is 11.9 Å². The summed E-state index contributed by atoms with van der Waals surface area (Å²) in [4.78, 5) is 19.1. The Morgan fingerprint density at radius 3 is 2.80 bits per heavy atom. The lowest BCUT2D eigenvalue weighted by atomic mass is 10.1. The molecule has 1 N–H and O–H groups in total. The first-order valence-electron chi connectivity index (χ1n) is 8.29. The van der Waals surface area contributed by atoms with Crippen molar-refractivity contribution >= 4 is 5.91 Å². The number of pyridine rings is 1. The van der Waals surface area contributed by atoms with Crippen LogP contribution in [0.4, 0.5) is 0 Å². The Kier molecular flexibility index (Phi) is 4.71. The molecular formula is C17H24N6O2. The highest BCUT2D eigenvalue weighted by molar-refractivity contribution is 5.81. The zero-order chi connectivity index (χ0) is 18.1. The third-order valence-corrected chi connectivity index (χ3v) is 4.80. The third kappa shape index (κ3) is 3.09. The van der Waals surface area contributed by atoms with E-state index >= 15 is 0 Å². The highest BCUT2D eigenvalue weighted by atomic mass is 16.5. The molecule has 0 aliphatic carbocycles. The van der Waals surface area contributed by atoms with Crippen molar-refractivity contribution in [1.29, 1.82) is 0 Å². The van der Waals surface area contributed by atoms with E-state index in [0.29, 0.717) is 19.6 Å². The largest absolute Gasteiger partial charge is 0.496 e. The standard InChI is InChI=1S/C17H24N6O2/c1-10-6-19-13(11(2)16(10)25-5)7-22-9-15-21-20-12(3)23(15)8-14(22)17(24)18-4/h6,14H,7-9H2,1-5H3,(H,18,24). The molecule has 0 radical (unpaired) electrons. The van der Waals surface area contributed by atoms with Crippen LogP contribution in [0.5, 0.6) is 5.75 Å². The second-order valence-electron chi connectivity index (χ2n) is 6.36. The molecule has 25 heavy (non-hydrogen) atoms. The Hall–Kier alpha value is -2.48. The number of nitrogens with one attached hydrogen (secondary N) is 1. The average molecular weight is 344 g/mol. The van der Waals surface area contributed by atoms with E-state index in [9.17, 15) is 4.79 Å². The summed E-state index contributed by atoms with van der Waals surface area (Å²) in [5.41, 5.74) is 2.91. The van der Waals surface area contributed by atoms with E-state index in [4.69, 9.17) is 4.74 Å². The van der Waals surface area contributed by atoms with Crippen LogP contribution in [0.15, 0.2) is 6.20 Å². The van der Waals surface area contributed by atoms with E-state index in [0.717, 1.165) is 34.2 Å². The van der Waals surface area contributed by atoms with Crippen molar-refractivity contribution < 1.29 is 9.53 Å². The second kappa shape index (κ2) is 6.79. The molecule has 8 nitrogen and oxygen atoms in total. The first kappa shape index (κ1) is 17.3. The first-order chi connectivity index (χ1) is 12.0. The monoisotopic (exact) mass is 344 g/mol. The molecule has 2 aromatic heterocycles. The molecule has 0 saturated heterocycles. The fourth-order valence-corrected chi connectivity index (χ4v) is 3.36. The summed E-state index contributed by atoms with van der Waals surface area (Å²) < 4.78 is 7.50. The predicted octanol–water partition coefficient (Wildman–Crippen LogP) is 0.737. The van der Waals surface area contributed by atoms with Crippen molar-refractivity contribution in [2.45, 2.75) is 46.4 Å². The number of carbonyl (C=O) groups excluding carboxylic acids is 1. The molecule has 1 aliphatic heterocycles. The highest BCUT2D eigenvalue weighted by Gasteiger charge is 2.33. The van der Waals surface area contributed by atoms with Crippen LogP contribution in [-0.2, 0) is 24.4 Å². The summed E-state index contributed by atoms with van der Waals surface area (Å²) in [6, 6.07) is -0.291. The number of rotatable bonds is 4. The number of aromatic nitrogens is 4. The Balaban J connectivity index is 1.93. The summed E-state index contributed by atoms with van der Waals surface area (Å²) in [6.45, 7) is 7.52. The smallest absolute Gasteiger partial charge is 0.238 e. The van der Waals surface area contributed by atoms with Crippen LogP contribution in [0.1, 0.15) is 28.5 Å². The maximum absolute atomic E-state index is 12.4. The quantitative estimate of drug-likeness (QED) is 0.880. The molecule has 8 heteroatoms. The van der Waals surface area contributed by atoms with Crippen molar-refractivity contribution in [2.75, 3.05) is 14.2 Å². The van der Waals surface area contributed by atoms with Gasteiger partial charge in [-0.3, -0.25) is 14.7 Å². The lowest BCUT2D eigenvalue weighted by Gasteiger charge is -2.34. The van der Waals surface area contributed by atoms with Crippen LogP contribution in [0.3, 0.4) is 0 Å². The number of methoxy groups -OCH3 is 1. The van der Waals surface area contributed by atoms with E-state index in [1.54, 1.807) is 14.2 Å². The van der Waals surface area contributed by atoms with Crippen LogP contribution >= 0.6 is 0 Å². The molecule has 1 amide bonds. The fraction of sp³-hybridized carbons (Fsp3) is 0.529. The number of hydrogen-bond donors (Lipinski definition) is 1. The van der Waals surface area contributed by atoms with Gasteiger partial charge in [0.15, 0.2) is 0 Å². The number of aryl methyl sites for hydroxylation is 2. The third-order valence-electron chi connectivity index (χ3n) is 4.80. The number of carbonyl (C=O) groups is 1. The van der Waals surface area contributed by atoms with Gasteiger partial charge in [-0.25, -0.2) is 0 Å². The molecule has 3 rings (SSSR count). The Bertz CT molecular complexity index is 801. The predicted molar refractivity (Wildman–Crippen MR) is 92.1 cm³/mol. The number of likely N-dealkylation sites (N-methyl/N-ethyl adjacent to an activating group) is 1. The van der Waals surface area contributed by atoms with E-state index in [1.807, 2.05) is 31.5 Å². The van der Waals surface area contributed by atoms with Gasteiger partial charge in [0.2, 0.25) is 5.91 Å². The van der Waals surface area contributed by atoms with Crippen molar-refractivity contribution in [3.63, 3.8) is 0 Å². The Labute approximate surface area is 147 Å². The molecule has 134 valence electrons. The average Bonchev–Trinajstić information content (AvgIpc) is 2.96. The molecule has 0 aromatic carbocycles. The van der Waals surface area contributed by atoms with Gasteiger partial charge in [-0.1, -0.05) is 0 Å². The van der Waals surface area contributed by atoms with E-state index < -0.39 is 0 Å². The molecule has 0 fully saturated rings. The number of fused-ring (bicyclic) bond motifs is 1. The first-order valence-corrected chi connectivity index (χ1v) is 8.29. The van der Waals surface area contributed by atoms with Gasteiger partial charge < -0.3 is 14.6 Å². The lowest BCUT2D eigenvalue weighted by Crippen LogP contribution is -2.51. The SMILES string of the molecule is CNC(=O)C1Cn2c(C)nnc2CN1Cc1ncc(C)c(OC)c1C. The molecule has 2 aromatic rings. The molecule has 1 aliphatic rings. The van der Waals surface area contributed by atoms with Gasteiger partial charge in [0.1, 0.15) is 23.4 Å². The van der Waals surface area contributed by atoms with Crippen molar-refractivity contribution in [1.82, 2.24) is 30.0 Å². The van der Waals surface area contributed by atoms with Gasteiger partial charge in [0.05, 0.1) is 25.9 Å². The normalized spacial score (nSPS) is 17.2. The summed E-state index contributed by atoms with van der Waals surface area (Å²) in [5.74, 6) is 2.53. The van der Waals surface area contributed by atoms with E-state index in [1.165, 1.54) is 0 Å². The van der Waals surface area contributed by atoms with Crippen molar-refractivity contribution in [3.05, 3.63) is 34.7 Å². The van der Waals surface area contributed by atoms with Crippen molar-refractivity contribution in [2.24, 2.45) is 0 Å². The summed E-state index contributed by atoms with van der Waals surface area (Å²) in [7, 11) is 3.33. The molecule has 0 bridgehead atoms. The molecule has 0 saturated carbocycles. The van der Waals surface area contributed by atoms with Gasteiger partial charge >= 0.3 is 0 Å². The maximum atomic E-state index is 12.4. The molecular weight excluding hydrogens is 320 g/mol. The maximum Gasteiger partial charge on any atom is 0.238 e. The van der Waals surface area contributed by atoms with Gasteiger partial charge in [-0.15, -0.1) is 10.2 Å². The van der Waals surface area contributed by atoms with Crippen LogP contribution in [0.2, 0.25) is 0 Å².